The molecule has 0 aromatic carbocycles. The second kappa shape index (κ2) is 7.72. The summed E-state index contributed by atoms with van der Waals surface area (Å²) in [4.78, 5) is 4.35. The Balaban J connectivity index is 1.91. The summed E-state index contributed by atoms with van der Waals surface area (Å²) < 4.78 is 32.6. The molecule has 2 rings (SSSR count). The largest absolute Gasteiger partial charge is 0.378 e. The Morgan fingerprint density at radius 2 is 2.29 bits per heavy atom. The zero-order valence-corrected chi connectivity index (χ0v) is 13.2. The average Bonchev–Trinajstić information content (AvgIpc) is 2.98. The van der Waals surface area contributed by atoms with E-state index in [4.69, 9.17) is 4.74 Å². The van der Waals surface area contributed by atoms with Crippen molar-refractivity contribution in [3.8, 4) is 0 Å². The molecule has 1 aliphatic heterocycles. The number of rotatable bonds is 8. The summed E-state index contributed by atoms with van der Waals surface area (Å²) in [7, 11) is -3.49. The quantitative estimate of drug-likeness (QED) is 0.764. The van der Waals surface area contributed by atoms with Gasteiger partial charge in [-0.15, -0.1) is 0 Å². The highest BCUT2D eigenvalue weighted by Gasteiger charge is 2.18. The minimum absolute atomic E-state index is 0.187. The van der Waals surface area contributed by atoms with Crippen molar-refractivity contribution in [2.45, 2.75) is 43.6 Å². The van der Waals surface area contributed by atoms with Gasteiger partial charge in [0.2, 0.25) is 10.0 Å². The lowest BCUT2D eigenvalue weighted by Crippen LogP contribution is -2.27. The fourth-order valence-electron chi connectivity index (χ4n) is 2.24. The number of pyridine rings is 1. The van der Waals surface area contributed by atoms with Crippen LogP contribution >= 0.6 is 0 Å². The van der Waals surface area contributed by atoms with Crippen molar-refractivity contribution in [2.24, 2.45) is 0 Å². The molecule has 21 heavy (non-hydrogen) atoms. The highest BCUT2D eigenvalue weighted by atomic mass is 32.2. The van der Waals surface area contributed by atoms with Gasteiger partial charge in [-0.1, -0.05) is 6.92 Å². The van der Waals surface area contributed by atoms with Crippen LogP contribution in [0.25, 0.3) is 0 Å². The summed E-state index contributed by atoms with van der Waals surface area (Å²) in [5.74, 6) is 0.582. The van der Waals surface area contributed by atoms with Crippen LogP contribution in [0.1, 0.15) is 32.6 Å². The first kappa shape index (κ1) is 16.2. The monoisotopic (exact) mass is 313 g/mol. The summed E-state index contributed by atoms with van der Waals surface area (Å²) in [5, 5.41) is 3.08. The van der Waals surface area contributed by atoms with E-state index >= 15 is 0 Å². The van der Waals surface area contributed by atoms with E-state index in [1.54, 1.807) is 6.07 Å². The maximum Gasteiger partial charge on any atom is 0.240 e. The summed E-state index contributed by atoms with van der Waals surface area (Å²) in [6, 6.07) is 3.07. The van der Waals surface area contributed by atoms with Crippen molar-refractivity contribution >= 4 is 15.8 Å². The van der Waals surface area contributed by atoms with Gasteiger partial charge < -0.3 is 10.1 Å². The van der Waals surface area contributed by atoms with Crippen molar-refractivity contribution in [3.63, 3.8) is 0 Å². The van der Waals surface area contributed by atoms with Crippen LogP contribution in [0.3, 0.4) is 0 Å². The third kappa shape index (κ3) is 4.94. The molecular formula is C14H23N3O3S. The predicted molar refractivity (Wildman–Crippen MR) is 81.8 cm³/mol. The molecule has 1 unspecified atom stereocenters. The molecule has 1 saturated heterocycles. The van der Waals surface area contributed by atoms with Crippen LogP contribution < -0.4 is 10.0 Å². The van der Waals surface area contributed by atoms with E-state index in [1.807, 2.05) is 6.92 Å². The minimum Gasteiger partial charge on any atom is -0.378 e. The maximum absolute atomic E-state index is 12.2. The number of hydrogen-bond donors (Lipinski definition) is 2. The molecule has 1 aromatic heterocycles. The third-order valence-electron chi connectivity index (χ3n) is 3.38. The maximum atomic E-state index is 12.2. The van der Waals surface area contributed by atoms with Crippen molar-refractivity contribution < 1.29 is 13.2 Å². The number of nitrogens with zero attached hydrogens (tertiary/aromatic N) is 1. The van der Waals surface area contributed by atoms with E-state index in [-0.39, 0.29) is 11.0 Å². The van der Waals surface area contributed by atoms with Crippen LogP contribution in [0.5, 0.6) is 0 Å². The standard InChI is InChI=1S/C14H23N3O3S/c1-2-7-15-14-11-13(6-8-16-14)21(18,19)17-9-5-12-4-3-10-20-12/h6,8,11-12,17H,2-5,7,9-10H2,1H3,(H,15,16). The van der Waals surface area contributed by atoms with Crippen molar-refractivity contribution in [1.82, 2.24) is 9.71 Å². The zero-order valence-electron chi connectivity index (χ0n) is 12.3. The molecule has 1 aromatic rings. The van der Waals surface area contributed by atoms with Gasteiger partial charge in [0.1, 0.15) is 5.82 Å². The van der Waals surface area contributed by atoms with E-state index in [0.29, 0.717) is 18.8 Å². The first-order chi connectivity index (χ1) is 10.1. The molecule has 1 atom stereocenters. The number of sulfonamides is 1. The van der Waals surface area contributed by atoms with Gasteiger partial charge in [-0.2, -0.15) is 0 Å². The lowest BCUT2D eigenvalue weighted by Gasteiger charge is -2.11. The molecule has 0 amide bonds. The Morgan fingerprint density at radius 3 is 3.00 bits per heavy atom. The van der Waals surface area contributed by atoms with Crippen molar-refractivity contribution in [2.75, 3.05) is 25.0 Å². The molecular weight excluding hydrogens is 290 g/mol. The highest BCUT2D eigenvalue weighted by molar-refractivity contribution is 7.89. The molecule has 6 nitrogen and oxygen atoms in total. The van der Waals surface area contributed by atoms with Gasteiger partial charge in [0, 0.05) is 32.0 Å². The van der Waals surface area contributed by atoms with Crippen LogP contribution in [0.15, 0.2) is 23.2 Å². The molecule has 2 N–H and O–H groups in total. The second-order valence-electron chi connectivity index (χ2n) is 5.13. The summed E-state index contributed by atoms with van der Waals surface area (Å²) >= 11 is 0. The Hall–Kier alpha value is -1.18. The molecule has 0 saturated carbocycles. The smallest absolute Gasteiger partial charge is 0.240 e. The van der Waals surface area contributed by atoms with Crippen LogP contribution in [0.2, 0.25) is 0 Å². The number of ether oxygens (including phenoxy) is 1. The number of hydrogen-bond acceptors (Lipinski definition) is 5. The Kier molecular flexibility index (Phi) is 5.96. The number of aromatic nitrogens is 1. The molecule has 0 radical (unpaired) electrons. The fourth-order valence-corrected chi connectivity index (χ4v) is 3.30. The van der Waals surface area contributed by atoms with Gasteiger partial charge in [-0.3, -0.25) is 0 Å². The fraction of sp³-hybridized carbons (Fsp3) is 0.643. The number of nitrogens with one attached hydrogen (secondary N) is 2. The van der Waals surface area contributed by atoms with Gasteiger partial charge in [0.25, 0.3) is 0 Å². The molecule has 0 aliphatic carbocycles. The lowest BCUT2D eigenvalue weighted by molar-refractivity contribution is 0.105. The predicted octanol–water partition coefficient (Wildman–Crippen LogP) is 1.75. The molecule has 7 heteroatoms. The summed E-state index contributed by atoms with van der Waals surface area (Å²) in [5.41, 5.74) is 0. The Morgan fingerprint density at radius 1 is 1.43 bits per heavy atom. The van der Waals surface area contributed by atoms with Crippen LogP contribution in [-0.4, -0.2) is 39.2 Å². The number of anilines is 1. The Bertz CT molecular complexity index is 542. The zero-order chi connectivity index (χ0) is 15.1. The van der Waals surface area contributed by atoms with Gasteiger partial charge >= 0.3 is 0 Å². The lowest BCUT2D eigenvalue weighted by atomic mass is 10.2. The molecule has 118 valence electrons. The summed E-state index contributed by atoms with van der Waals surface area (Å²) in [6.07, 6.45) is 5.44. The molecule has 1 aliphatic rings. The van der Waals surface area contributed by atoms with Crippen molar-refractivity contribution in [1.29, 1.82) is 0 Å². The average molecular weight is 313 g/mol. The van der Waals surface area contributed by atoms with Crippen molar-refractivity contribution in [3.05, 3.63) is 18.3 Å². The molecule has 1 fully saturated rings. The molecule has 0 spiro atoms. The van der Waals surface area contributed by atoms with E-state index in [2.05, 4.69) is 15.0 Å². The van der Waals surface area contributed by atoms with E-state index < -0.39 is 10.0 Å². The van der Waals surface area contributed by atoms with Gasteiger partial charge in [-0.25, -0.2) is 18.1 Å². The SMILES string of the molecule is CCCNc1cc(S(=O)(=O)NCCC2CCCO2)ccn1. The summed E-state index contributed by atoms with van der Waals surface area (Å²) in [6.45, 7) is 3.99. The third-order valence-corrected chi connectivity index (χ3v) is 4.84. The topological polar surface area (TPSA) is 80.3 Å². The van der Waals surface area contributed by atoms with E-state index in [1.165, 1.54) is 12.3 Å². The first-order valence-electron chi connectivity index (χ1n) is 7.43. The van der Waals surface area contributed by atoms with Crippen LogP contribution in [0, 0.1) is 0 Å². The molecule has 0 bridgehead atoms. The highest BCUT2D eigenvalue weighted by Crippen LogP contribution is 2.16. The van der Waals surface area contributed by atoms with Crippen LogP contribution in [-0.2, 0) is 14.8 Å². The van der Waals surface area contributed by atoms with E-state index in [0.717, 1.165) is 32.4 Å². The normalized spacial score (nSPS) is 18.8. The molecule has 2 heterocycles. The minimum atomic E-state index is -3.49. The Labute approximate surface area is 126 Å². The van der Waals surface area contributed by atoms with Gasteiger partial charge in [-0.05, 0) is 31.7 Å². The van der Waals surface area contributed by atoms with Gasteiger partial charge in [0.15, 0.2) is 0 Å². The van der Waals surface area contributed by atoms with Gasteiger partial charge in [0.05, 0.1) is 11.0 Å². The van der Waals surface area contributed by atoms with E-state index in [9.17, 15) is 8.42 Å². The second-order valence-corrected chi connectivity index (χ2v) is 6.89. The first-order valence-corrected chi connectivity index (χ1v) is 8.91. The van der Waals surface area contributed by atoms with Crippen LogP contribution in [0.4, 0.5) is 5.82 Å².